The average Bonchev–Trinajstić information content (AvgIpc) is 3.23. The molecule has 0 spiro atoms. The second kappa shape index (κ2) is 9.67. The van der Waals surface area contributed by atoms with Crippen molar-refractivity contribution in [1.82, 2.24) is 0 Å². The molecule has 0 aromatic carbocycles. The Labute approximate surface area is 173 Å². The minimum atomic E-state index is -1.01. The Morgan fingerprint density at radius 2 is 2.07 bits per heavy atom. The highest BCUT2D eigenvalue weighted by atomic mass is 35.5. The van der Waals surface area contributed by atoms with Crippen LogP contribution in [0.25, 0.3) is 0 Å². The molecular formula is C23H35ClO4. The zero-order valence-electron chi connectivity index (χ0n) is 17.0. The maximum Gasteiger partial charge on any atom is 0.371 e. The third kappa shape index (κ3) is 4.94. The fraction of sp³-hybridized carbons (Fsp3) is 0.783. The molecule has 5 heteroatoms. The first-order valence-corrected chi connectivity index (χ1v) is 11.5. The number of halogens is 1. The molecule has 4 atom stereocenters. The predicted molar refractivity (Wildman–Crippen MR) is 111 cm³/mol. The largest absolute Gasteiger partial charge is 0.475 e. The van der Waals surface area contributed by atoms with Gasteiger partial charge in [0.25, 0.3) is 0 Å². The SMILES string of the molecule is CCC1(C(O)CCC[C@@H]2[C@@H](CCCc3ccc(C(=O)O)o3)CC[C@H]2Cl)CCC1. The second-order valence-corrected chi connectivity index (χ2v) is 9.56. The molecule has 1 unspecified atom stereocenters. The summed E-state index contributed by atoms with van der Waals surface area (Å²) in [4.78, 5) is 10.9. The first-order chi connectivity index (χ1) is 13.4. The molecule has 3 rings (SSSR count). The van der Waals surface area contributed by atoms with E-state index in [1.165, 1.54) is 31.7 Å². The Morgan fingerprint density at radius 3 is 2.68 bits per heavy atom. The number of carboxylic acid groups (broad SMARTS) is 1. The molecule has 0 aliphatic heterocycles. The maximum absolute atomic E-state index is 10.9. The van der Waals surface area contributed by atoms with Crippen molar-refractivity contribution < 1.29 is 19.4 Å². The molecule has 2 aliphatic carbocycles. The lowest BCUT2D eigenvalue weighted by Crippen LogP contribution is -2.40. The normalized spacial score (nSPS) is 27.5. The van der Waals surface area contributed by atoms with Gasteiger partial charge >= 0.3 is 5.97 Å². The lowest BCUT2D eigenvalue weighted by atomic mass is 9.62. The van der Waals surface area contributed by atoms with E-state index in [-0.39, 0.29) is 22.7 Å². The molecule has 1 aromatic heterocycles. The van der Waals surface area contributed by atoms with Crippen LogP contribution in [0.15, 0.2) is 16.5 Å². The molecule has 1 heterocycles. The van der Waals surface area contributed by atoms with Crippen molar-refractivity contribution in [3.63, 3.8) is 0 Å². The van der Waals surface area contributed by atoms with Crippen LogP contribution in [-0.2, 0) is 6.42 Å². The van der Waals surface area contributed by atoms with Gasteiger partial charge in [-0.15, -0.1) is 11.6 Å². The van der Waals surface area contributed by atoms with Crippen LogP contribution < -0.4 is 0 Å². The van der Waals surface area contributed by atoms with Crippen molar-refractivity contribution in [1.29, 1.82) is 0 Å². The van der Waals surface area contributed by atoms with Gasteiger partial charge in [-0.2, -0.15) is 0 Å². The highest BCUT2D eigenvalue weighted by Crippen LogP contribution is 2.48. The molecule has 28 heavy (non-hydrogen) atoms. The highest BCUT2D eigenvalue weighted by molar-refractivity contribution is 6.21. The first-order valence-electron chi connectivity index (χ1n) is 11.1. The van der Waals surface area contributed by atoms with E-state index in [4.69, 9.17) is 21.1 Å². The summed E-state index contributed by atoms with van der Waals surface area (Å²) in [5.41, 5.74) is 0.202. The number of aryl methyl sites for hydroxylation is 1. The number of aliphatic hydroxyl groups is 1. The molecule has 158 valence electrons. The Hall–Kier alpha value is -1.00. The van der Waals surface area contributed by atoms with Gasteiger partial charge in [0, 0.05) is 11.8 Å². The highest BCUT2D eigenvalue weighted by Gasteiger charge is 2.41. The summed E-state index contributed by atoms with van der Waals surface area (Å²) in [7, 11) is 0. The number of hydrogen-bond donors (Lipinski definition) is 2. The van der Waals surface area contributed by atoms with Crippen LogP contribution in [0.2, 0.25) is 0 Å². The van der Waals surface area contributed by atoms with Crippen molar-refractivity contribution in [2.24, 2.45) is 17.3 Å². The molecule has 2 saturated carbocycles. The lowest BCUT2D eigenvalue weighted by Gasteiger charge is -2.45. The van der Waals surface area contributed by atoms with Crippen molar-refractivity contribution in [2.45, 2.75) is 95.5 Å². The zero-order chi connectivity index (χ0) is 20.1. The summed E-state index contributed by atoms with van der Waals surface area (Å²) in [5.74, 6) is 0.935. The van der Waals surface area contributed by atoms with Gasteiger partial charge in [-0.25, -0.2) is 4.79 Å². The van der Waals surface area contributed by atoms with Gasteiger partial charge < -0.3 is 14.6 Å². The number of carbonyl (C=O) groups is 1. The second-order valence-electron chi connectivity index (χ2n) is 9.00. The Balaban J connectivity index is 1.41. The monoisotopic (exact) mass is 410 g/mol. The Kier molecular flexibility index (Phi) is 7.49. The third-order valence-electron chi connectivity index (χ3n) is 7.53. The van der Waals surface area contributed by atoms with Gasteiger partial charge in [-0.05, 0) is 87.2 Å². The fourth-order valence-electron chi connectivity index (χ4n) is 5.44. The summed E-state index contributed by atoms with van der Waals surface area (Å²) >= 11 is 6.63. The standard InChI is InChI=1S/C23H35ClO4/c1-2-23(14-5-15-23)21(25)9-4-8-18-16(10-12-19(18)24)6-3-7-17-11-13-20(28-17)22(26)27/h11,13,16,18-19,21,25H,2-10,12,14-15H2,1H3,(H,26,27)/t16-,18+,19+,21?/m0/s1. The maximum atomic E-state index is 10.9. The molecule has 2 fully saturated rings. The molecule has 4 nitrogen and oxygen atoms in total. The predicted octanol–water partition coefficient (Wildman–Crippen LogP) is 6.05. The van der Waals surface area contributed by atoms with Gasteiger partial charge in [0.2, 0.25) is 5.76 Å². The van der Waals surface area contributed by atoms with Crippen LogP contribution in [0.5, 0.6) is 0 Å². The van der Waals surface area contributed by atoms with E-state index in [9.17, 15) is 9.90 Å². The van der Waals surface area contributed by atoms with E-state index in [1.807, 2.05) is 0 Å². The Morgan fingerprint density at radius 1 is 1.29 bits per heavy atom. The lowest BCUT2D eigenvalue weighted by molar-refractivity contribution is -0.0437. The summed E-state index contributed by atoms with van der Waals surface area (Å²) in [6.07, 6.45) is 12.8. The van der Waals surface area contributed by atoms with Gasteiger partial charge in [0.15, 0.2) is 0 Å². The Bertz CT molecular complexity index is 631. The van der Waals surface area contributed by atoms with Crippen LogP contribution in [0.4, 0.5) is 0 Å². The van der Waals surface area contributed by atoms with Crippen LogP contribution in [0.1, 0.15) is 93.9 Å². The number of carboxylic acids is 1. The number of aromatic carboxylic acids is 1. The smallest absolute Gasteiger partial charge is 0.371 e. The van der Waals surface area contributed by atoms with E-state index < -0.39 is 5.97 Å². The van der Waals surface area contributed by atoms with E-state index in [2.05, 4.69) is 6.92 Å². The topological polar surface area (TPSA) is 70.7 Å². The van der Waals surface area contributed by atoms with Gasteiger partial charge in [-0.1, -0.05) is 19.8 Å². The van der Waals surface area contributed by atoms with Gasteiger partial charge in [0.05, 0.1) is 6.10 Å². The number of aliphatic hydroxyl groups excluding tert-OH is 1. The molecule has 2 N–H and O–H groups in total. The van der Waals surface area contributed by atoms with Gasteiger partial charge in [0.1, 0.15) is 5.76 Å². The summed E-state index contributed by atoms with van der Waals surface area (Å²) < 4.78 is 5.35. The van der Waals surface area contributed by atoms with E-state index in [1.54, 1.807) is 6.07 Å². The van der Waals surface area contributed by atoms with E-state index >= 15 is 0 Å². The van der Waals surface area contributed by atoms with Gasteiger partial charge in [-0.3, -0.25) is 0 Å². The van der Waals surface area contributed by atoms with Crippen molar-refractivity contribution in [2.75, 3.05) is 0 Å². The zero-order valence-corrected chi connectivity index (χ0v) is 17.8. The van der Waals surface area contributed by atoms with Crippen molar-refractivity contribution in [3.8, 4) is 0 Å². The molecule has 1 aromatic rings. The van der Waals surface area contributed by atoms with Crippen LogP contribution in [0, 0.1) is 17.3 Å². The van der Waals surface area contributed by atoms with Crippen LogP contribution in [0.3, 0.4) is 0 Å². The fourth-order valence-corrected chi connectivity index (χ4v) is 5.90. The molecular weight excluding hydrogens is 376 g/mol. The first kappa shape index (κ1) is 21.7. The van der Waals surface area contributed by atoms with Crippen molar-refractivity contribution >= 4 is 17.6 Å². The summed E-state index contributed by atoms with van der Waals surface area (Å²) in [5, 5.41) is 19.8. The van der Waals surface area contributed by atoms with Crippen LogP contribution >= 0.6 is 11.6 Å². The quantitative estimate of drug-likeness (QED) is 0.436. The number of furan rings is 1. The number of hydrogen-bond acceptors (Lipinski definition) is 3. The molecule has 0 bridgehead atoms. The minimum absolute atomic E-state index is 0.0180. The van der Waals surface area contributed by atoms with E-state index in [0.29, 0.717) is 11.8 Å². The summed E-state index contributed by atoms with van der Waals surface area (Å²) in [6.45, 7) is 2.21. The average molecular weight is 411 g/mol. The van der Waals surface area contributed by atoms with E-state index in [0.717, 1.165) is 57.1 Å². The molecule has 0 amide bonds. The minimum Gasteiger partial charge on any atom is -0.475 e. The number of alkyl halides is 1. The molecule has 2 aliphatic rings. The number of rotatable bonds is 11. The van der Waals surface area contributed by atoms with Crippen molar-refractivity contribution in [3.05, 3.63) is 23.7 Å². The summed E-state index contributed by atoms with van der Waals surface area (Å²) in [6, 6.07) is 3.30. The third-order valence-corrected chi connectivity index (χ3v) is 8.07. The van der Waals surface area contributed by atoms with Crippen LogP contribution in [-0.4, -0.2) is 27.7 Å². The molecule has 0 saturated heterocycles. The molecule has 0 radical (unpaired) electrons.